The highest BCUT2D eigenvalue weighted by Gasteiger charge is 2.17. The second-order valence-electron chi connectivity index (χ2n) is 3.61. The van der Waals surface area contributed by atoms with E-state index in [0.29, 0.717) is 18.8 Å². The van der Waals surface area contributed by atoms with Crippen molar-refractivity contribution < 1.29 is 8.42 Å². The maximum absolute atomic E-state index is 11.9. The first-order valence-electron chi connectivity index (χ1n) is 5.59. The molecule has 1 aromatic rings. The van der Waals surface area contributed by atoms with Crippen molar-refractivity contribution in [3.63, 3.8) is 0 Å². The van der Waals surface area contributed by atoms with E-state index in [-0.39, 0.29) is 6.54 Å². The number of hydrogen-bond acceptors (Lipinski definition) is 3. The van der Waals surface area contributed by atoms with Crippen LogP contribution >= 0.6 is 0 Å². The second kappa shape index (κ2) is 6.00. The van der Waals surface area contributed by atoms with Crippen LogP contribution in [0.25, 0.3) is 0 Å². The third kappa shape index (κ3) is 3.69. The summed E-state index contributed by atoms with van der Waals surface area (Å²) >= 11 is 0. The zero-order chi connectivity index (χ0) is 12.9. The lowest BCUT2D eigenvalue weighted by molar-refractivity contribution is 0.434. The van der Waals surface area contributed by atoms with Gasteiger partial charge in [-0.05, 0) is 11.6 Å². The van der Waals surface area contributed by atoms with Crippen molar-refractivity contribution in [2.75, 3.05) is 18.8 Å². The maximum Gasteiger partial charge on any atom is 0.279 e. The van der Waals surface area contributed by atoms with Crippen LogP contribution in [0.15, 0.2) is 24.3 Å². The monoisotopic (exact) mass is 257 g/mol. The van der Waals surface area contributed by atoms with Gasteiger partial charge in [-0.3, -0.25) is 0 Å². The maximum atomic E-state index is 11.9. The van der Waals surface area contributed by atoms with Crippen molar-refractivity contribution >= 4 is 15.9 Å². The summed E-state index contributed by atoms with van der Waals surface area (Å²) in [7, 11) is -3.41. The smallest absolute Gasteiger partial charge is 0.279 e. The highest BCUT2D eigenvalue weighted by molar-refractivity contribution is 7.87. The molecule has 5 nitrogen and oxygen atoms in total. The van der Waals surface area contributed by atoms with Gasteiger partial charge in [0.1, 0.15) is 0 Å². The molecule has 0 atom stereocenters. The van der Waals surface area contributed by atoms with Gasteiger partial charge in [0, 0.05) is 25.3 Å². The fourth-order valence-electron chi connectivity index (χ4n) is 1.52. The summed E-state index contributed by atoms with van der Waals surface area (Å²) in [6.45, 7) is 4.73. The Kier molecular flexibility index (Phi) is 4.92. The summed E-state index contributed by atoms with van der Waals surface area (Å²) in [5, 5.41) is 0. The van der Waals surface area contributed by atoms with Crippen molar-refractivity contribution in [3.8, 4) is 0 Å². The number of rotatable bonds is 6. The van der Waals surface area contributed by atoms with E-state index in [1.165, 1.54) is 4.31 Å². The molecular weight excluding hydrogens is 238 g/mol. The molecule has 0 heterocycles. The SMILES string of the molecule is CCN(CC)S(=O)(=O)NCc1ccccc1N. The molecule has 0 aliphatic carbocycles. The minimum Gasteiger partial charge on any atom is -0.398 e. The first-order valence-corrected chi connectivity index (χ1v) is 7.03. The number of nitrogens with zero attached hydrogens (tertiary/aromatic N) is 1. The van der Waals surface area contributed by atoms with Crippen LogP contribution < -0.4 is 10.5 Å². The Morgan fingerprint density at radius 3 is 2.35 bits per heavy atom. The van der Waals surface area contributed by atoms with Crippen LogP contribution in [0.5, 0.6) is 0 Å². The fourth-order valence-corrected chi connectivity index (χ4v) is 2.72. The molecule has 1 aromatic carbocycles. The Bertz CT molecular complexity index is 456. The molecule has 6 heteroatoms. The molecule has 0 radical (unpaired) electrons. The molecule has 17 heavy (non-hydrogen) atoms. The largest absolute Gasteiger partial charge is 0.398 e. The summed E-state index contributed by atoms with van der Waals surface area (Å²) < 4.78 is 27.6. The average molecular weight is 257 g/mol. The Morgan fingerprint density at radius 1 is 1.24 bits per heavy atom. The number of nitrogens with one attached hydrogen (secondary N) is 1. The zero-order valence-electron chi connectivity index (χ0n) is 10.2. The molecule has 0 aliphatic heterocycles. The van der Waals surface area contributed by atoms with Crippen molar-refractivity contribution in [1.82, 2.24) is 9.03 Å². The molecule has 1 rings (SSSR count). The van der Waals surface area contributed by atoms with Crippen LogP contribution in [0.3, 0.4) is 0 Å². The van der Waals surface area contributed by atoms with E-state index < -0.39 is 10.2 Å². The predicted molar refractivity (Wildman–Crippen MR) is 69.5 cm³/mol. The summed E-state index contributed by atoms with van der Waals surface area (Å²) in [5.41, 5.74) is 7.12. The molecule has 0 saturated carbocycles. The van der Waals surface area contributed by atoms with E-state index in [2.05, 4.69) is 4.72 Å². The molecule has 3 N–H and O–H groups in total. The van der Waals surface area contributed by atoms with Gasteiger partial charge in [-0.1, -0.05) is 32.0 Å². The molecule has 0 spiro atoms. The third-order valence-electron chi connectivity index (χ3n) is 2.55. The molecular formula is C11H19N3O2S. The van der Waals surface area contributed by atoms with Crippen LogP contribution in [0, 0.1) is 0 Å². The number of nitrogens with two attached hydrogens (primary N) is 1. The molecule has 0 saturated heterocycles. The normalized spacial score (nSPS) is 11.9. The van der Waals surface area contributed by atoms with Crippen LogP contribution in [-0.4, -0.2) is 25.8 Å². The Labute approximate surface area is 103 Å². The van der Waals surface area contributed by atoms with E-state index in [9.17, 15) is 8.42 Å². The predicted octanol–water partition coefficient (Wildman–Crippen LogP) is 0.945. The molecule has 0 fully saturated rings. The van der Waals surface area contributed by atoms with Crippen LogP contribution in [0.1, 0.15) is 19.4 Å². The van der Waals surface area contributed by atoms with Crippen molar-refractivity contribution in [2.45, 2.75) is 20.4 Å². The minimum absolute atomic E-state index is 0.214. The van der Waals surface area contributed by atoms with E-state index in [4.69, 9.17) is 5.73 Å². The Hall–Kier alpha value is -1.11. The lowest BCUT2D eigenvalue weighted by atomic mass is 10.2. The fraction of sp³-hybridized carbons (Fsp3) is 0.455. The lowest BCUT2D eigenvalue weighted by Crippen LogP contribution is -2.40. The topological polar surface area (TPSA) is 75.4 Å². The first-order chi connectivity index (χ1) is 8.01. The van der Waals surface area contributed by atoms with Gasteiger partial charge in [0.05, 0.1) is 0 Å². The van der Waals surface area contributed by atoms with Gasteiger partial charge >= 0.3 is 0 Å². The van der Waals surface area contributed by atoms with Gasteiger partial charge in [0.15, 0.2) is 0 Å². The molecule has 0 aliphatic rings. The number of benzene rings is 1. The Balaban J connectivity index is 2.71. The van der Waals surface area contributed by atoms with Crippen molar-refractivity contribution in [1.29, 1.82) is 0 Å². The molecule has 0 amide bonds. The van der Waals surface area contributed by atoms with Crippen LogP contribution in [0.4, 0.5) is 5.69 Å². The van der Waals surface area contributed by atoms with Gasteiger partial charge in [-0.15, -0.1) is 0 Å². The summed E-state index contributed by atoms with van der Waals surface area (Å²) in [6, 6.07) is 7.20. The van der Waals surface area contributed by atoms with Crippen molar-refractivity contribution in [2.24, 2.45) is 0 Å². The third-order valence-corrected chi connectivity index (χ3v) is 4.25. The summed E-state index contributed by atoms with van der Waals surface area (Å²) in [5.74, 6) is 0. The van der Waals surface area contributed by atoms with Crippen molar-refractivity contribution in [3.05, 3.63) is 29.8 Å². The van der Waals surface area contributed by atoms with E-state index in [1.807, 2.05) is 12.1 Å². The van der Waals surface area contributed by atoms with Gasteiger partial charge in [-0.25, -0.2) is 0 Å². The number of nitrogen functional groups attached to an aromatic ring is 1. The number of anilines is 1. The van der Waals surface area contributed by atoms with E-state index >= 15 is 0 Å². The highest BCUT2D eigenvalue weighted by Crippen LogP contribution is 2.10. The standard InChI is InChI=1S/C11H19N3O2S/c1-3-14(4-2)17(15,16)13-9-10-7-5-6-8-11(10)12/h5-8,13H,3-4,9,12H2,1-2H3. The quantitative estimate of drug-likeness (QED) is 0.745. The van der Waals surface area contributed by atoms with E-state index in [1.54, 1.807) is 26.0 Å². The summed E-state index contributed by atoms with van der Waals surface area (Å²) in [6.07, 6.45) is 0. The molecule has 0 unspecified atom stereocenters. The van der Waals surface area contributed by atoms with E-state index in [0.717, 1.165) is 5.56 Å². The van der Waals surface area contributed by atoms with Gasteiger partial charge < -0.3 is 5.73 Å². The molecule has 96 valence electrons. The number of para-hydroxylation sites is 1. The molecule has 0 bridgehead atoms. The minimum atomic E-state index is -3.41. The Morgan fingerprint density at radius 2 is 1.82 bits per heavy atom. The lowest BCUT2D eigenvalue weighted by Gasteiger charge is -2.19. The van der Waals surface area contributed by atoms with Crippen LogP contribution in [-0.2, 0) is 16.8 Å². The average Bonchev–Trinajstić information content (AvgIpc) is 2.29. The van der Waals surface area contributed by atoms with Gasteiger partial charge in [0.25, 0.3) is 10.2 Å². The second-order valence-corrected chi connectivity index (χ2v) is 5.36. The number of hydrogen-bond donors (Lipinski definition) is 2. The molecule has 0 aromatic heterocycles. The van der Waals surface area contributed by atoms with Crippen LogP contribution in [0.2, 0.25) is 0 Å². The van der Waals surface area contributed by atoms with Gasteiger partial charge in [0.2, 0.25) is 0 Å². The van der Waals surface area contributed by atoms with Gasteiger partial charge in [-0.2, -0.15) is 17.4 Å². The first kappa shape index (κ1) is 14.0. The zero-order valence-corrected chi connectivity index (χ0v) is 11.0. The highest BCUT2D eigenvalue weighted by atomic mass is 32.2. The summed E-state index contributed by atoms with van der Waals surface area (Å²) in [4.78, 5) is 0.